The zero-order valence-corrected chi connectivity index (χ0v) is 11.5. The summed E-state index contributed by atoms with van der Waals surface area (Å²) in [6, 6.07) is 4.47. The molecule has 1 heterocycles. The van der Waals surface area contributed by atoms with Gasteiger partial charge >= 0.3 is 5.97 Å². The lowest BCUT2D eigenvalue weighted by molar-refractivity contribution is -0.145. The molecule has 106 valence electrons. The lowest BCUT2D eigenvalue weighted by atomic mass is 10.1. The number of halogens is 1. The molecule has 0 spiro atoms. The van der Waals surface area contributed by atoms with Crippen molar-refractivity contribution in [1.29, 1.82) is 0 Å². The van der Waals surface area contributed by atoms with Crippen molar-refractivity contribution in [2.45, 2.75) is 26.7 Å². The van der Waals surface area contributed by atoms with Crippen molar-refractivity contribution in [3.05, 3.63) is 35.5 Å². The van der Waals surface area contributed by atoms with E-state index < -0.39 is 11.9 Å². The summed E-state index contributed by atoms with van der Waals surface area (Å²) in [5.41, 5.74) is 1.26. The molecule has 0 saturated heterocycles. The summed E-state index contributed by atoms with van der Waals surface area (Å²) in [5, 5.41) is 3.77. The fraction of sp³-hybridized carbons (Fsp3) is 0.357. The number of carbonyl (C=O) groups excluding carboxylic acids is 1. The molecule has 1 unspecified atom stereocenters. The third kappa shape index (κ3) is 3.01. The smallest absolute Gasteiger partial charge is 0.318 e. The van der Waals surface area contributed by atoms with Gasteiger partial charge in [-0.15, -0.1) is 0 Å². The number of nitrogens with zero attached hydrogens (tertiary/aromatic N) is 2. The summed E-state index contributed by atoms with van der Waals surface area (Å²) in [6.07, 6.45) is 0. The van der Waals surface area contributed by atoms with E-state index in [0.717, 1.165) is 5.56 Å². The molecule has 0 radical (unpaired) electrons. The highest BCUT2D eigenvalue weighted by atomic mass is 19.1. The van der Waals surface area contributed by atoms with Gasteiger partial charge in [-0.2, -0.15) is 4.98 Å². The Bertz CT molecular complexity index is 604. The highest BCUT2D eigenvalue weighted by molar-refractivity contribution is 5.76. The van der Waals surface area contributed by atoms with E-state index in [9.17, 15) is 9.18 Å². The number of carbonyl (C=O) groups is 1. The highest BCUT2D eigenvalue weighted by Crippen LogP contribution is 2.22. The van der Waals surface area contributed by atoms with Gasteiger partial charge in [0.25, 0.3) is 0 Å². The van der Waals surface area contributed by atoms with Crippen molar-refractivity contribution in [3.8, 4) is 11.4 Å². The van der Waals surface area contributed by atoms with Crippen molar-refractivity contribution in [1.82, 2.24) is 10.1 Å². The fourth-order valence-electron chi connectivity index (χ4n) is 1.76. The summed E-state index contributed by atoms with van der Waals surface area (Å²) in [4.78, 5) is 15.7. The molecule has 0 fully saturated rings. The second kappa shape index (κ2) is 5.81. The number of ether oxygens (including phenoxy) is 1. The van der Waals surface area contributed by atoms with E-state index in [0.29, 0.717) is 5.56 Å². The van der Waals surface area contributed by atoms with Crippen molar-refractivity contribution in [2.24, 2.45) is 0 Å². The first kappa shape index (κ1) is 14.2. The van der Waals surface area contributed by atoms with E-state index in [1.807, 2.05) is 0 Å². The number of hydrogen-bond acceptors (Lipinski definition) is 5. The van der Waals surface area contributed by atoms with Crippen LogP contribution in [0.2, 0.25) is 0 Å². The number of rotatable bonds is 4. The first-order valence-electron chi connectivity index (χ1n) is 6.29. The zero-order chi connectivity index (χ0) is 14.7. The minimum absolute atomic E-state index is 0.153. The summed E-state index contributed by atoms with van der Waals surface area (Å²) in [7, 11) is 0. The molecule has 0 saturated carbocycles. The van der Waals surface area contributed by atoms with Crippen LogP contribution >= 0.6 is 0 Å². The molecule has 0 aliphatic rings. The Kier molecular flexibility index (Phi) is 4.12. The fourth-order valence-corrected chi connectivity index (χ4v) is 1.76. The van der Waals surface area contributed by atoms with Crippen LogP contribution in [0.4, 0.5) is 4.39 Å². The predicted octanol–water partition coefficient (Wildman–Crippen LogP) is 2.85. The van der Waals surface area contributed by atoms with Gasteiger partial charge in [0.2, 0.25) is 11.7 Å². The second-order valence-electron chi connectivity index (χ2n) is 4.45. The third-order valence-corrected chi connectivity index (χ3v) is 2.75. The van der Waals surface area contributed by atoms with Gasteiger partial charge in [-0.3, -0.25) is 4.79 Å². The Morgan fingerprint density at radius 1 is 1.45 bits per heavy atom. The average molecular weight is 278 g/mol. The Labute approximate surface area is 115 Å². The first-order chi connectivity index (χ1) is 9.51. The van der Waals surface area contributed by atoms with Crippen LogP contribution in [0.25, 0.3) is 11.4 Å². The summed E-state index contributed by atoms with van der Waals surface area (Å²) in [5.74, 6) is -1.05. The van der Waals surface area contributed by atoms with Gasteiger partial charge in [-0.25, -0.2) is 4.39 Å². The molecule has 2 rings (SSSR count). The minimum atomic E-state index is -0.647. The van der Waals surface area contributed by atoms with Crippen LogP contribution in [0.15, 0.2) is 22.7 Å². The van der Waals surface area contributed by atoms with Gasteiger partial charge in [-0.05, 0) is 44.5 Å². The van der Waals surface area contributed by atoms with Gasteiger partial charge in [0.1, 0.15) is 11.7 Å². The van der Waals surface area contributed by atoms with Crippen molar-refractivity contribution < 1.29 is 18.4 Å². The molecule has 0 bridgehead atoms. The molecule has 20 heavy (non-hydrogen) atoms. The van der Waals surface area contributed by atoms with Gasteiger partial charge in [0.15, 0.2) is 0 Å². The molecular weight excluding hydrogens is 263 g/mol. The van der Waals surface area contributed by atoms with E-state index in [-0.39, 0.29) is 24.1 Å². The summed E-state index contributed by atoms with van der Waals surface area (Å²) >= 11 is 0. The molecular formula is C14H15FN2O3. The van der Waals surface area contributed by atoms with Gasteiger partial charge in [0, 0.05) is 5.56 Å². The van der Waals surface area contributed by atoms with E-state index in [2.05, 4.69) is 10.1 Å². The summed E-state index contributed by atoms with van der Waals surface area (Å²) in [6.45, 7) is 5.40. The van der Waals surface area contributed by atoms with Crippen molar-refractivity contribution >= 4 is 5.97 Å². The average Bonchev–Trinajstić information content (AvgIpc) is 2.86. The first-order valence-corrected chi connectivity index (χ1v) is 6.29. The molecule has 2 aromatic rings. The van der Waals surface area contributed by atoms with Crippen LogP contribution in [-0.2, 0) is 9.53 Å². The maximum absolute atomic E-state index is 13.3. The van der Waals surface area contributed by atoms with Crippen LogP contribution < -0.4 is 0 Å². The predicted molar refractivity (Wildman–Crippen MR) is 69.5 cm³/mol. The van der Waals surface area contributed by atoms with Crippen LogP contribution in [-0.4, -0.2) is 22.7 Å². The maximum Gasteiger partial charge on any atom is 0.318 e. The lowest BCUT2D eigenvalue weighted by Crippen LogP contribution is -2.13. The van der Waals surface area contributed by atoms with Crippen LogP contribution in [0.3, 0.4) is 0 Å². The van der Waals surface area contributed by atoms with E-state index in [4.69, 9.17) is 9.26 Å². The van der Waals surface area contributed by atoms with Crippen LogP contribution in [0, 0.1) is 12.7 Å². The van der Waals surface area contributed by atoms with Crippen molar-refractivity contribution in [2.75, 3.05) is 6.61 Å². The normalized spacial score (nSPS) is 12.2. The second-order valence-corrected chi connectivity index (χ2v) is 4.45. The number of aromatic nitrogens is 2. The molecule has 5 nitrogen and oxygen atoms in total. The lowest BCUT2D eigenvalue weighted by Gasteiger charge is -2.04. The van der Waals surface area contributed by atoms with Crippen molar-refractivity contribution in [3.63, 3.8) is 0 Å². The Balaban J connectivity index is 2.26. The molecule has 1 aromatic heterocycles. The zero-order valence-electron chi connectivity index (χ0n) is 11.5. The molecule has 0 N–H and O–H groups in total. The maximum atomic E-state index is 13.3. The van der Waals surface area contributed by atoms with Gasteiger partial charge in [0.05, 0.1) is 6.61 Å². The van der Waals surface area contributed by atoms with Gasteiger partial charge in [-0.1, -0.05) is 5.16 Å². The van der Waals surface area contributed by atoms with Crippen LogP contribution in [0.1, 0.15) is 31.2 Å². The molecule has 1 aromatic carbocycles. The van der Waals surface area contributed by atoms with E-state index in [1.165, 1.54) is 12.1 Å². The standard InChI is InChI=1S/C14H15FN2O3/c1-4-19-14(18)9(3)13-16-12(17-20-13)10-5-8(2)6-11(15)7-10/h5-7,9H,4H2,1-3H3. The molecule has 0 aliphatic carbocycles. The number of hydrogen-bond donors (Lipinski definition) is 0. The van der Waals surface area contributed by atoms with E-state index in [1.54, 1.807) is 26.8 Å². The van der Waals surface area contributed by atoms with E-state index >= 15 is 0 Å². The quantitative estimate of drug-likeness (QED) is 0.804. The number of esters is 1. The highest BCUT2D eigenvalue weighted by Gasteiger charge is 2.23. The largest absolute Gasteiger partial charge is 0.465 e. The monoisotopic (exact) mass is 278 g/mol. The Hall–Kier alpha value is -2.24. The third-order valence-electron chi connectivity index (χ3n) is 2.75. The minimum Gasteiger partial charge on any atom is -0.465 e. The molecule has 1 atom stereocenters. The Morgan fingerprint density at radius 3 is 2.85 bits per heavy atom. The SMILES string of the molecule is CCOC(=O)C(C)c1nc(-c2cc(C)cc(F)c2)no1. The van der Waals surface area contributed by atoms with Gasteiger partial charge < -0.3 is 9.26 Å². The molecule has 0 aliphatic heterocycles. The molecule has 0 amide bonds. The van der Waals surface area contributed by atoms with Crippen LogP contribution in [0.5, 0.6) is 0 Å². The molecule has 6 heteroatoms. The Morgan fingerprint density at radius 2 is 2.20 bits per heavy atom. The summed E-state index contributed by atoms with van der Waals surface area (Å²) < 4.78 is 23.3. The number of aryl methyl sites for hydroxylation is 1. The topological polar surface area (TPSA) is 65.2 Å². The number of benzene rings is 1.